The number of anilines is 6. The maximum Gasteiger partial charge on any atom is 0.252 e. The first kappa shape index (κ1) is 34.8. The van der Waals surface area contributed by atoms with E-state index >= 15 is 0 Å². The van der Waals surface area contributed by atoms with Gasteiger partial charge in [-0.2, -0.15) is 0 Å². The van der Waals surface area contributed by atoms with Gasteiger partial charge in [0, 0.05) is 34.0 Å². The molecule has 3 heterocycles. The van der Waals surface area contributed by atoms with Crippen LogP contribution in [-0.4, -0.2) is 13.5 Å². The Morgan fingerprint density at radius 3 is 2.00 bits per heavy atom. The minimum Gasteiger partial charge on any atom is -0.454 e. The molecule has 6 aromatic carbocycles. The Morgan fingerprint density at radius 2 is 1.26 bits per heavy atom. The Hall–Kier alpha value is -5.42. The quantitative estimate of drug-likeness (QED) is 0.168. The summed E-state index contributed by atoms with van der Waals surface area (Å²) in [6.45, 7) is 19.2. The first-order valence-electron chi connectivity index (χ1n) is 20.9. The van der Waals surface area contributed by atoms with Crippen molar-refractivity contribution in [2.45, 2.75) is 86.5 Å². The van der Waals surface area contributed by atoms with Crippen molar-refractivity contribution in [3.63, 3.8) is 0 Å². The second-order valence-corrected chi connectivity index (χ2v) is 20.1. The van der Waals surface area contributed by atoms with Crippen molar-refractivity contribution in [3.05, 3.63) is 137 Å². The molecule has 6 aromatic rings. The lowest BCUT2D eigenvalue weighted by Gasteiger charge is -2.45. The lowest BCUT2D eigenvalue weighted by Crippen LogP contribution is -2.61. The molecule has 0 fully saturated rings. The first-order valence-corrected chi connectivity index (χ1v) is 20.9. The van der Waals surface area contributed by atoms with E-state index in [-0.39, 0.29) is 29.8 Å². The summed E-state index contributed by atoms with van der Waals surface area (Å²) in [6, 6.07) is 39.7. The predicted molar refractivity (Wildman–Crippen MR) is 238 cm³/mol. The molecule has 0 amide bonds. The lowest BCUT2D eigenvalue weighted by atomic mass is 9.33. The third-order valence-electron chi connectivity index (χ3n) is 13.3. The van der Waals surface area contributed by atoms with Crippen LogP contribution in [0.1, 0.15) is 81.8 Å². The monoisotopic (exact) mass is 746 g/mol. The van der Waals surface area contributed by atoms with Crippen LogP contribution in [0.5, 0.6) is 11.5 Å². The van der Waals surface area contributed by atoms with Crippen LogP contribution in [0.15, 0.2) is 103 Å². The fraction of sp³-hybridized carbons (Fsp3) is 0.308. The number of hydrogen-bond acceptors (Lipinski definition) is 4. The number of aryl methyl sites for hydroxylation is 1. The Kier molecular flexibility index (Phi) is 7.22. The van der Waals surface area contributed by atoms with Crippen LogP contribution in [0.3, 0.4) is 0 Å². The van der Waals surface area contributed by atoms with Gasteiger partial charge in [-0.1, -0.05) is 103 Å². The summed E-state index contributed by atoms with van der Waals surface area (Å²) in [5, 5.41) is 0. The normalized spacial score (nSPS) is 17.6. The van der Waals surface area contributed by atoms with Crippen LogP contribution in [0.25, 0.3) is 11.1 Å². The number of benzene rings is 6. The van der Waals surface area contributed by atoms with Crippen LogP contribution in [-0.2, 0) is 31.1 Å². The van der Waals surface area contributed by atoms with Crippen molar-refractivity contribution in [2.24, 2.45) is 10.8 Å². The lowest BCUT2D eigenvalue weighted by molar-refractivity contribution is 0.174. The Labute approximate surface area is 338 Å². The second-order valence-electron chi connectivity index (χ2n) is 20.1. The van der Waals surface area contributed by atoms with Crippen LogP contribution >= 0.6 is 0 Å². The van der Waals surface area contributed by atoms with Gasteiger partial charge in [0.05, 0.1) is 0 Å². The van der Waals surface area contributed by atoms with Crippen LogP contribution in [0.4, 0.5) is 34.1 Å². The maximum absolute atomic E-state index is 6.48. The molecule has 0 radical (unpaired) electrons. The Bertz CT molecular complexity index is 2690. The van der Waals surface area contributed by atoms with Gasteiger partial charge >= 0.3 is 0 Å². The molecule has 0 spiro atoms. The highest BCUT2D eigenvalue weighted by molar-refractivity contribution is 7.00. The smallest absolute Gasteiger partial charge is 0.252 e. The van der Waals surface area contributed by atoms with Gasteiger partial charge in [0.1, 0.15) is 5.69 Å². The molecular formula is C52H51BN2O2. The Balaban J connectivity index is 1.25. The van der Waals surface area contributed by atoms with Crippen molar-refractivity contribution in [1.29, 1.82) is 0 Å². The van der Waals surface area contributed by atoms with Crippen molar-refractivity contribution in [2.75, 3.05) is 16.6 Å². The molecule has 4 nitrogen and oxygen atoms in total. The summed E-state index contributed by atoms with van der Waals surface area (Å²) in [6.07, 6.45) is 4.42. The molecule has 5 aliphatic rings. The SMILES string of the molecule is Cc1cc2c3c(c1)N(c1c(-c4ccccc4)ccc4c1OCO4)c1ccc(C(C)(C)C)cc1B3c1cc3c(cc1N2c1ccc2c(c1)CC(C)(C)C2)CC(C)(C)C3. The molecule has 0 bridgehead atoms. The highest BCUT2D eigenvalue weighted by Crippen LogP contribution is 2.54. The van der Waals surface area contributed by atoms with Crippen molar-refractivity contribution in [1.82, 2.24) is 0 Å². The van der Waals surface area contributed by atoms with E-state index in [1.807, 2.05) is 0 Å². The molecule has 0 aromatic heterocycles. The van der Waals surface area contributed by atoms with E-state index in [1.165, 1.54) is 78.2 Å². The zero-order valence-electron chi connectivity index (χ0n) is 34.6. The van der Waals surface area contributed by atoms with Crippen LogP contribution in [0, 0.1) is 17.8 Å². The summed E-state index contributed by atoms with van der Waals surface area (Å²) < 4.78 is 12.6. The van der Waals surface area contributed by atoms with E-state index in [9.17, 15) is 0 Å². The second kappa shape index (κ2) is 11.8. The minimum atomic E-state index is -0.0277. The van der Waals surface area contributed by atoms with Gasteiger partial charge in [0.25, 0.3) is 6.71 Å². The molecule has 0 saturated heterocycles. The predicted octanol–water partition coefficient (Wildman–Crippen LogP) is 11.0. The fourth-order valence-corrected chi connectivity index (χ4v) is 10.9. The molecule has 0 unspecified atom stereocenters. The summed E-state index contributed by atoms with van der Waals surface area (Å²) in [5.41, 5.74) is 22.6. The molecule has 3 aliphatic heterocycles. The first-order chi connectivity index (χ1) is 27.2. The van der Waals surface area contributed by atoms with E-state index in [0.717, 1.165) is 54.0 Å². The molecule has 11 rings (SSSR count). The number of ether oxygens (including phenoxy) is 2. The zero-order valence-corrected chi connectivity index (χ0v) is 34.6. The zero-order chi connectivity index (χ0) is 39.2. The topological polar surface area (TPSA) is 24.9 Å². The van der Waals surface area contributed by atoms with Gasteiger partial charge in [-0.3, -0.25) is 0 Å². The summed E-state index contributed by atoms with van der Waals surface area (Å²) >= 11 is 0. The molecular weight excluding hydrogens is 695 g/mol. The van der Waals surface area contributed by atoms with Gasteiger partial charge in [-0.05, 0) is 153 Å². The third-order valence-corrected chi connectivity index (χ3v) is 13.3. The summed E-state index contributed by atoms with van der Waals surface area (Å²) in [4.78, 5) is 5.14. The standard InChI is InChI=1S/C52H51BN2O2/c1-31-20-44-47-45(21-31)55(48-39(32-12-10-9-11-13-32)17-19-46-49(48)57-30-56-46)42-18-15-37(50(2,3)4)25-41(42)53(47)40-23-35-28-52(7,8)29-36(35)24-43(40)54(44)38-16-14-33-26-51(5,6)27-34(33)22-38/h9-25H,26-30H2,1-8H3. The molecule has 0 N–H and O–H groups in total. The van der Waals surface area contributed by atoms with Crippen LogP contribution < -0.4 is 35.7 Å². The molecule has 0 atom stereocenters. The van der Waals surface area contributed by atoms with Gasteiger partial charge in [0.15, 0.2) is 11.5 Å². The number of nitrogens with zero attached hydrogens (tertiary/aromatic N) is 2. The van der Waals surface area contributed by atoms with Gasteiger partial charge < -0.3 is 19.3 Å². The molecule has 0 saturated carbocycles. The third kappa shape index (κ3) is 5.34. The van der Waals surface area contributed by atoms with E-state index in [0.29, 0.717) is 0 Å². The Morgan fingerprint density at radius 1 is 0.596 bits per heavy atom. The van der Waals surface area contributed by atoms with Crippen molar-refractivity contribution < 1.29 is 9.47 Å². The van der Waals surface area contributed by atoms with Crippen molar-refractivity contribution in [3.8, 4) is 22.6 Å². The molecule has 57 heavy (non-hydrogen) atoms. The summed E-state index contributed by atoms with van der Waals surface area (Å²) in [5.74, 6) is 1.58. The van der Waals surface area contributed by atoms with Gasteiger partial charge in [0.2, 0.25) is 6.79 Å². The molecule has 5 heteroatoms. The minimum absolute atomic E-state index is 0.0277. The van der Waals surface area contributed by atoms with E-state index in [1.54, 1.807) is 0 Å². The average Bonchev–Trinajstić information content (AvgIpc) is 3.85. The van der Waals surface area contributed by atoms with Gasteiger partial charge in [-0.25, -0.2) is 0 Å². The summed E-state index contributed by atoms with van der Waals surface area (Å²) in [7, 11) is 0. The number of fused-ring (bicyclic) bond motifs is 7. The highest BCUT2D eigenvalue weighted by atomic mass is 16.7. The van der Waals surface area contributed by atoms with E-state index in [4.69, 9.17) is 9.47 Å². The van der Waals surface area contributed by atoms with E-state index < -0.39 is 0 Å². The van der Waals surface area contributed by atoms with Crippen LogP contribution in [0.2, 0.25) is 0 Å². The van der Waals surface area contributed by atoms with E-state index in [2.05, 4.69) is 168 Å². The van der Waals surface area contributed by atoms with Gasteiger partial charge in [-0.15, -0.1) is 0 Å². The van der Waals surface area contributed by atoms with Crippen molar-refractivity contribution >= 4 is 57.2 Å². The molecule has 2 aliphatic carbocycles. The number of hydrogen-bond donors (Lipinski definition) is 0. The average molecular weight is 747 g/mol. The fourth-order valence-electron chi connectivity index (χ4n) is 10.9. The molecule has 284 valence electrons. The largest absolute Gasteiger partial charge is 0.454 e. The number of rotatable bonds is 3. The highest BCUT2D eigenvalue weighted by Gasteiger charge is 2.46. The maximum atomic E-state index is 6.48.